The summed E-state index contributed by atoms with van der Waals surface area (Å²) in [6.45, 7) is 6.30. The van der Waals surface area contributed by atoms with Gasteiger partial charge in [0, 0.05) is 5.71 Å². The van der Waals surface area contributed by atoms with E-state index in [1.807, 2.05) is 30.3 Å². The maximum absolute atomic E-state index is 4.65. The molecule has 0 bridgehead atoms. The van der Waals surface area contributed by atoms with Crippen LogP contribution in [-0.4, -0.2) is 5.71 Å². The summed E-state index contributed by atoms with van der Waals surface area (Å²) in [5.41, 5.74) is 5.85. The highest BCUT2D eigenvalue weighted by atomic mass is 14.7. The summed E-state index contributed by atoms with van der Waals surface area (Å²) in [7, 11) is 0. The molecule has 0 amide bonds. The van der Waals surface area contributed by atoms with Crippen molar-refractivity contribution in [2.24, 2.45) is 4.99 Å². The number of hydrogen-bond acceptors (Lipinski definition) is 1. The first-order valence-electron chi connectivity index (χ1n) is 5.85. The summed E-state index contributed by atoms with van der Waals surface area (Å²) in [6.07, 6.45) is 0. The monoisotopic (exact) mass is 223 g/mol. The van der Waals surface area contributed by atoms with Crippen LogP contribution in [0.3, 0.4) is 0 Å². The Morgan fingerprint density at radius 1 is 0.941 bits per heavy atom. The lowest BCUT2D eigenvalue weighted by Crippen LogP contribution is -1.98. The van der Waals surface area contributed by atoms with Gasteiger partial charge >= 0.3 is 0 Å². The van der Waals surface area contributed by atoms with Crippen LogP contribution in [-0.2, 0) is 0 Å². The molecular weight excluding hydrogens is 206 g/mol. The van der Waals surface area contributed by atoms with E-state index < -0.39 is 0 Å². The van der Waals surface area contributed by atoms with Crippen LogP contribution in [0, 0.1) is 13.8 Å². The van der Waals surface area contributed by atoms with E-state index in [9.17, 15) is 0 Å². The molecule has 1 heteroatoms. The van der Waals surface area contributed by atoms with Crippen LogP contribution in [0.15, 0.2) is 53.5 Å². The molecule has 0 saturated heterocycles. The number of para-hydroxylation sites is 1. The first-order chi connectivity index (χ1) is 8.16. The molecule has 0 unspecified atom stereocenters. The third-order valence-electron chi connectivity index (χ3n) is 2.84. The summed E-state index contributed by atoms with van der Waals surface area (Å²) >= 11 is 0. The maximum atomic E-state index is 4.65. The number of nitrogens with zero attached hydrogens (tertiary/aromatic N) is 1. The number of benzene rings is 2. The summed E-state index contributed by atoms with van der Waals surface area (Å²) in [6, 6.07) is 16.5. The molecule has 0 fully saturated rings. The second-order valence-electron chi connectivity index (χ2n) is 4.35. The minimum absolute atomic E-state index is 1.01. The second kappa shape index (κ2) is 4.96. The quantitative estimate of drug-likeness (QED) is 0.667. The van der Waals surface area contributed by atoms with Crippen LogP contribution < -0.4 is 0 Å². The number of hydrogen-bond donors (Lipinski definition) is 0. The zero-order chi connectivity index (χ0) is 12.3. The molecule has 0 atom stereocenters. The molecule has 2 rings (SSSR count). The molecule has 2 aromatic rings. The third-order valence-corrected chi connectivity index (χ3v) is 2.84. The topological polar surface area (TPSA) is 12.4 Å². The molecule has 0 aliphatic carbocycles. The van der Waals surface area contributed by atoms with Crippen LogP contribution in [0.2, 0.25) is 0 Å². The Morgan fingerprint density at radius 2 is 1.65 bits per heavy atom. The van der Waals surface area contributed by atoms with Crippen LogP contribution >= 0.6 is 0 Å². The third kappa shape index (κ3) is 2.82. The zero-order valence-corrected chi connectivity index (χ0v) is 10.6. The Balaban J connectivity index is 2.40. The predicted octanol–water partition coefficient (Wildman–Crippen LogP) is 4.44. The van der Waals surface area contributed by atoms with Crippen molar-refractivity contribution in [3.8, 4) is 0 Å². The highest BCUT2D eigenvalue weighted by molar-refractivity contribution is 6.01. The van der Waals surface area contributed by atoms with Gasteiger partial charge in [-0.25, -0.2) is 0 Å². The Hall–Kier alpha value is -1.89. The van der Waals surface area contributed by atoms with Gasteiger partial charge in [-0.1, -0.05) is 35.9 Å². The lowest BCUT2D eigenvalue weighted by atomic mass is 10.0. The molecule has 1 nitrogen and oxygen atoms in total. The second-order valence-corrected chi connectivity index (χ2v) is 4.35. The van der Waals surface area contributed by atoms with Gasteiger partial charge in [0.1, 0.15) is 0 Å². The maximum Gasteiger partial charge on any atom is 0.0633 e. The van der Waals surface area contributed by atoms with E-state index in [4.69, 9.17) is 0 Å². The zero-order valence-electron chi connectivity index (χ0n) is 10.6. The Morgan fingerprint density at radius 3 is 2.35 bits per heavy atom. The molecule has 0 N–H and O–H groups in total. The molecule has 0 saturated carbocycles. The Kier molecular flexibility index (Phi) is 3.38. The fourth-order valence-corrected chi connectivity index (χ4v) is 1.88. The SMILES string of the molecule is C/C(=N\c1ccccc1)c1cc(C)ccc1C. The average Bonchev–Trinajstić information content (AvgIpc) is 2.33. The molecule has 0 aliphatic heterocycles. The lowest BCUT2D eigenvalue weighted by molar-refractivity contribution is 1.35. The van der Waals surface area contributed by atoms with E-state index in [0.717, 1.165) is 11.4 Å². The van der Waals surface area contributed by atoms with Crippen molar-refractivity contribution < 1.29 is 0 Å². The standard InChI is InChI=1S/C16H17N/c1-12-9-10-13(2)16(11-12)14(3)17-15-7-5-4-6-8-15/h4-11H,1-3H3/b17-14+. The molecule has 0 radical (unpaired) electrons. The molecule has 86 valence electrons. The minimum Gasteiger partial charge on any atom is -0.253 e. The molecule has 0 aliphatic rings. The van der Waals surface area contributed by atoms with E-state index in [0.29, 0.717) is 0 Å². The summed E-state index contributed by atoms with van der Waals surface area (Å²) in [5.74, 6) is 0. The van der Waals surface area contributed by atoms with Crippen LogP contribution in [0.5, 0.6) is 0 Å². The molecule has 0 aromatic heterocycles. The van der Waals surface area contributed by atoms with Gasteiger partial charge in [-0.2, -0.15) is 0 Å². The van der Waals surface area contributed by atoms with E-state index in [-0.39, 0.29) is 0 Å². The Bertz CT molecular complexity index is 539. The summed E-state index contributed by atoms with van der Waals surface area (Å²) in [4.78, 5) is 4.65. The fraction of sp³-hybridized carbons (Fsp3) is 0.188. The van der Waals surface area contributed by atoms with Gasteiger partial charge in [0.2, 0.25) is 0 Å². The van der Waals surface area contributed by atoms with Crippen molar-refractivity contribution in [3.05, 3.63) is 65.2 Å². The number of rotatable bonds is 2. The van der Waals surface area contributed by atoms with Crippen molar-refractivity contribution >= 4 is 11.4 Å². The normalized spacial score (nSPS) is 11.6. The predicted molar refractivity (Wildman–Crippen MR) is 74.2 cm³/mol. The fourth-order valence-electron chi connectivity index (χ4n) is 1.88. The van der Waals surface area contributed by atoms with Gasteiger partial charge in [0.05, 0.1) is 5.69 Å². The molecule has 17 heavy (non-hydrogen) atoms. The van der Waals surface area contributed by atoms with Crippen molar-refractivity contribution in [2.75, 3.05) is 0 Å². The van der Waals surface area contributed by atoms with Crippen molar-refractivity contribution in [3.63, 3.8) is 0 Å². The lowest BCUT2D eigenvalue weighted by Gasteiger charge is -2.06. The van der Waals surface area contributed by atoms with E-state index in [1.165, 1.54) is 16.7 Å². The first kappa shape index (κ1) is 11.6. The smallest absolute Gasteiger partial charge is 0.0633 e. The van der Waals surface area contributed by atoms with Gasteiger partial charge < -0.3 is 0 Å². The van der Waals surface area contributed by atoms with Gasteiger partial charge in [-0.3, -0.25) is 4.99 Å². The highest BCUT2D eigenvalue weighted by Gasteiger charge is 2.02. The van der Waals surface area contributed by atoms with Crippen LogP contribution in [0.4, 0.5) is 5.69 Å². The molecule has 0 spiro atoms. The van der Waals surface area contributed by atoms with Gasteiger partial charge in [-0.15, -0.1) is 0 Å². The van der Waals surface area contributed by atoms with Gasteiger partial charge in [0.15, 0.2) is 0 Å². The van der Waals surface area contributed by atoms with Gasteiger partial charge in [0.25, 0.3) is 0 Å². The van der Waals surface area contributed by atoms with Gasteiger partial charge in [-0.05, 0) is 50.1 Å². The Labute approximate surface area is 103 Å². The van der Waals surface area contributed by atoms with Crippen molar-refractivity contribution in [2.45, 2.75) is 20.8 Å². The van der Waals surface area contributed by atoms with E-state index >= 15 is 0 Å². The minimum atomic E-state index is 1.01. The van der Waals surface area contributed by atoms with E-state index in [2.05, 4.69) is 44.0 Å². The number of aryl methyl sites for hydroxylation is 2. The molecule has 2 aromatic carbocycles. The highest BCUT2D eigenvalue weighted by Crippen LogP contribution is 2.16. The molecule has 0 heterocycles. The molecular formula is C16H17N. The van der Waals surface area contributed by atoms with Crippen LogP contribution in [0.25, 0.3) is 0 Å². The van der Waals surface area contributed by atoms with E-state index in [1.54, 1.807) is 0 Å². The van der Waals surface area contributed by atoms with Crippen LogP contribution in [0.1, 0.15) is 23.6 Å². The van der Waals surface area contributed by atoms with Crippen molar-refractivity contribution in [1.29, 1.82) is 0 Å². The largest absolute Gasteiger partial charge is 0.253 e. The van der Waals surface area contributed by atoms with Crippen molar-refractivity contribution in [1.82, 2.24) is 0 Å². The average molecular weight is 223 g/mol. The first-order valence-corrected chi connectivity index (χ1v) is 5.85. The summed E-state index contributed by atoms with van der Waals surface area (Å²) < 4.78 is 0. The summed E-state index contributed by atoms with van der Waals surface area (Å²) in [5, 5.41) is 0. The number of aliphatic imine (C=N–C) groups is 1.